The van der Waals surface area contributed by atoms with E-state index in [2.05, 4.69) is 4.99 Å². The molecule has 0 saturated heterocycles. The maximum absolute atomic E-state index is 6.86. The molecule has 56 valence electrons. The van der Waals surface area contributed by atoms with E-state index in [1.165, 1.54) is 6.21 Å². The van der Waals surface area contributed by atoms with Crippen molar-refractivity contribution in [2.45, 2.75) is 20.3 Å². The zero-order chi connectivity index (χ0) is 7.82. The third-order valence-electron chi connectivity index (χ3n) is 1.03. The van der Waals surface area contributed by atoms with Gasteiger partial charge in [0.15, 0.2) is 0 Å². The monoisotopic (exact) mass is 138 g/mol. The van der Waals surface area contributed by atoms with Crippen molar-refractivity contribution in [2.24, 2.45) is 10.9 Å². The largest absolute Gasteiger partial charge is 0.313 e. The number of allylic oxidation sites excluding steroid dienone is 1. The Hall–Kier alpha value is -0.920. The highest BCUT2D eigenvalue weighted by atomic mass is 14.7. The van der Waals surface area contributed by atoms with E-state index in [-0.39, 0.29) is 5.92 Å². The molecule has 2 heteroatoms. The topological polar surface area (TPSA) is 36.2 Å². The minimum absolute atomic E-state index is 0.203. The van der Waals surface area contributed by atoms with Crippen LogP contribution in [-0.2, 0) is 0 Å². The van der Waals surface area contributed by atoms with Crippen LogP contribution in [0.5, 0.6) is 0 Å². The molecule has 0 aromatic rings. The van der Waals surface area contributed by atoms with Crippen molar-refractivity contribution in [2.75, 3.05) is 0 Å². The molecule has 10 heavy (non-hydrogen) atoms. The van der Waals surface area contributed by atoms with Crippen LogP contribution in [-0.4, -0.2) is 12.4 Å². The Bertz CT molecular complexity index is 136. The summed E-state index contributed by atoms with van der Waals surface area (Å²) in [6.45, 7) is 3.99. The highest BCUT2D eigenvalue weighted by Gasteiger charge is 1.84. The molecule has 1 unspecified atom stereocenters. The summed E-state index contributed by atoms with van der Waals surface area (Å²) in [4.78, 5) is 3.97. The number of hydrogen-bond donors (Lipinski definition) is 1. The van der Waals surface area contributed by atoms with Crippen LogP contribution in [0.3, 0.4) is 0 Å². The molecule has 1 N–H and O–H groups in total. The Morgan fingerprint density at radius 1 is 1.60 bits per heavy atom. The number of nitrogens with zero attached hydrogens (tertiary/aromatic N) is 1. The lowest BCUT2D eigenvalue weighted by Crippen LogP contribution is -1.86. The van der Waals surface area contributed by atoms with Gasteiger partial charge < -0.3 is 5.41 Å². The molecule has 0 aromatic heterocycles. The first-order valence-electron chi connectivity index (χ1n) is 3.50. The van der Waals surface area contributed by atoms with Gasteiger partial charge in [0.05, 0.1) is 0 Å². The predicted octanol–water partition coefficient (Wildman–Crippen LogP) is 2.27. The van der Waals surface area contributed by atoms with Crippen LogP contribution in [0.15, 0.2) is 17.3 Å². The first-order chi connectivity index (χ1) is 4.81. The second kappa shape index (κ2) is 6.20. The van der Waals surface area contributed by atoms with Gasteiger partial charge >= 0.3 is 0 Å². The molecule has 0 saturated carbocycles. The molecule has 0 radical (unpaired) electrons. The van der Waals surface area contributed by atoms with Crippen LogP contribution < -0.4 is 0 Å². The van der Waals surface area contributed by atoms with Gasteiger partial charge in [-0.25, -0.2) is 0 Å². The van der Waals surface area contributed by atoms with Crippen molar-refractivity contribution in [1.29, 1.82) is 5.41 Å². The molecule has 1 atom stereocenters. The Balaban J connectivity index is 3.54. The van der Waals surface area contributed by atoms with E-state index in [9.17, 15) is 0 Å². The fraction of sp³-hybridized carbons (Fsp3) is 0.500. The standard InChI is InChI=1S/C8H14N2/c1-3-5-10-6-4-8(2)7-9/h4-9H,3H2,1-2H3/b6-4-,9-7?,10-5?. The maximum Gasteiger partial charge on any atom is 0.0230 e. The second-order valence-corrected chi connectivity index (χ2v) is 2.11. The summed E-state index contributed by atoms with van der Waals surface area (Å²) in [6, 6.07) is 0. The van der Waals surface area contributed by atoms with Gasteiger partial charge in [-0.3, -0.25) is 4.99 Å². The number of nitrogens with one attached hydrogen (secondary N) is 1. The van der Waals surface area contributed by atoms with Crippen molar-refractivity contribution in [3.05, 3.63) is 12.3 Å². The third-order valence-corrected chi connectivity index (χ3v) is 1.03. The Labute approximate surface area is 62.2 Å². The summed E-state index contributed by atoms with van der Waals surface area (Å²) >= 11 is 0. The molecule has 0 aliphatic heterocycles. The summed E-state index contributed by atoms with van der Waals surface area (Å²) < 4.78 is 0. The minimum atomic E-state index is 0.203. The molecule has 0 spiro atoms. The van der Waals surface area contributed by atoms with Gasteiger partial charge in [-0.2, -0.15) is 0 Å². The molecule has 0 amide bonds. The molecule has 0 aliphatic carbocycles. The molecule has 0 fully saturated rings. The van der Waals surface area contributed by atoms with Gasteiger partial charge in [-0.1, -0.05) is 19.9 Å². The highest BCUT2D eigenvalue weighted by molar-refractivity contribution is 5.60. The van der Waals surface area contributed by atoms with Gasteiger partial charge in [-0.15, -0.1) is 0 Å². The molecule has 0 bridgehead atoms. The van der Waals surface area contributed by atoms with Crippen LogP contribution in [0.2, 0.25) is 0 Å². The molecule has 2 nitrogen and oxygen atoms in total. The number of hydrogen-bond acceptors (Lipinski definition) is 2. The molecular formula is C8H14N2. The van der Waals surface area contributed by atoms with E-state index in [0.29, 0.717) is 0 Å². The zero-order valence-corrected chi connectivity index (χ0v) is 6.54. The van der Waals surface area contributed by atoms with Crippen molar-refractivity contribution >= 4 is 12.4 Å². The van der Waals surface area contributed by atoms with Crippen molar-refractivity contribution in [3.8, 4) is 0 Å². The maximum atomic E-state index is 6.86. The first-order valence-corrected chi connectivity index (χ1v) is 3.50. The summed E-state index contributed by atoms with van der Waals surface area (Å²) in [5, 5.41) is 6.86. The summed E-state index contributed by atoms with van der Waals surface area (Å²) in [5.41, 5.74) is 0. The summed E-state index contributed by atoms with van der Waals surface area (Å²) in [7, 11) is 0. The van der Waals surface area contributed by atoms with E-state index >= 15 is 0 Å². The Morgan fingerprint density at radius 2 is 2.30 bits per heavy atom. The minimum Gasteiger partial charge on any atom is -0.313 e. The van der Waals surface area contributed by atoms with Crippen LogP contribution in [0.1, 0.15) is 20.3 Å². The first kappa shape index (κ1) is 9.08. The normalized spacial score (nSPS) is 14.6. The highest BCUT2D eigenvalue weighted by Crippen LogP contribution is 1.90. The second-order valence-electron chi connectivity index (χ2n) is 2.11. The Kier molecular flexibility index (Phi) is 5.63. The van der Waals surface area contributed by atoms with Crippen molar-refractivity contribution in [3.63, 3.8) is 0 Å². The fourth-order valence-electron chi connectivity index (χ4n) is 0.407. The number of rotatable bonds is 4. The Morgan fingerprint density at radius 3 is 2.80 bits per heavy atom. The van der Waals surface area contributed by atoms with E-state index < -0.39 is 0 Å². The van der Waals surface area contributed by atoms with Crippen LogP contribution >= 0.6 is 0 Å². The molecule has 0 aromatic carbocycles. The fourth-order valence-corrected chi connectivity index (χ4v) is 0.407. The van der Waals surface area contributed by atoms with Crippen LogP contribution in [0.25, 0.3) is 0 Å². The van der Waals surface area contributed by atoms with Crippen molar-refractivity contribution in [1.82, 2.24) is 0 Å². The van der Waals surface area contributed by atoms with Gasteiger partial charge in [0.1, 0.15) is 0 Å². The lowest BCUT2D eigenvalue weighted by atomic mass is 10.2. The van der Waals surface area contributed by atoms with E-state index in [1.807, 2.05) is 26.1 Å². The lowest BCUT2D eigenvalue weighted by molar-refractivity contribution is 1.01. The predicted molar refractivity (Wildman–Crippen MR) is 45.9 cm³/mol. The molecule has 0 rings (SSSR count). The average Bonchev–Trinajstić information content (AvgIpc) is 1.98. The summed E-state index contributed by atoms with van der Waals surface area (Å²) in [5.74, 6) is 0.203. The third kappa shape index (κ3) is 5.22. The quantitative estimate of drug-likeness (QED) is 0.578. The zero-order valence-electron chi connectivity index (χ0n) is 6.54. The van der Waals surface area contributed by atoms with E-state index in [4.69, 9.17) is 5.41 Å². The van der Waals surface area contributed by atoms with Crippen LogP contribution in [0, 0.1) is 11.3 Å². The lowest BCUT2D eigenvalue weighted by Gasteiger charge is -1.89. The van der Waals surface area contributed by atoms with Gasteiger partial charge in [0, 0.05) is 24.5 Å². The van der Waals surface area contributed by atoms with E-state index in [0.717, 1.165) is 6.42 Å². The van der Waals surface area contributed by atoms with Crippen LogP contribution in [0.4, 0.5) is 0 Å². The number of aliphatic imine (C=N–C) groups is 1. The smallest absolute Gasteiger partial charge is 0.0230 e. The molecule has 0 aliphatic rings. The summed E-state index contributed by atoms with van der Waals surface area (Å²) in [6.07, 6.45) is 7.81. The van der Waals surface area contributed by atoms with Gasteiger partial charge in [0.2, 0.25) is 0 Å². The van der Waals surface area contributed by atoms with Gasteiger partial charge in [-0.05, 0) is 6.42 Å². The van der Waals surface area contributed by atoms with E-state index in [1.54, 1.807) is 6.20 Å². The van der Waals surface area contributed by atoms with Gasteiger partial charge in [0.25, 0.3) is 0 Å². The SMILES string of the molecule is CCC=N/C=C\C(C)C=N. The average molecular weight is 138 g/mol. The molecular weight excluding hydrogens is 124 g/mol. The molecule has 0 heterocycles. The van der Waals surface area contributed by atoms with Crippen molar-refractivity contribution < 1.29 is 0 Å².